The van der Waals surface area contributed by atoms with Crippen LogP contribution in [0.3, 0.4) is 0 Å². The number of aromatic amines is 1. The van der Waals surface area contributed by atoms with E-state index in [2.05, 4.69) is 16.8 Å². The lowest BCUT2D eigenvalue weighted by atomic mass is 9.93. The third-order valence-electron chi connectivity index (χ3n) is 6.09. The predicted molar refractivity (Wildman–Crippen MR) is 129 cm³/mol. The first-order chi connectivity index (χ1) is 16.9. The Labute approximate surface area is 199 Å². The molecule has 1 atom stereocenters. The first kappa shape index (κ1) is 22.3. The van der Waals surface area contributed by atoms with E-state index in [0.29, 0.717) is 46.9 Å². The molecule has 3 heterocycles. The number of likely N-dealkylation sites (tertiary alicyclic amines) is 1. The molecule has 1 saturated heterocycles. The quantitative estimate of drug-likeness (QED) is 0.427. The number of carbonyl (C=O) groups is 1. The van der Waals surface area contributed by atoms with Gasteiger partial charge in [-0.05, 0) is 67.4 Å². The fourth-order valence-corrected chi connectivity index (χ4v) is 4.41. The van der Waals surface area contributed by atoms with Crippen molar-refractivity contribution in [1.82, 2.24) is 24.9 Å². The Morgan fingerprint density at radius 2 is 1.86 bits per heavy atom. The molecular formula is C25H23FN6O3. The maximum absolute atomic E-state index is 13.1. The maximum Gasteiger partial charge on any atom is 0.275 e. The minimum atomic E-state index is -0.390. The van der Waals surface area contributed by atoms with Crippen molar-refractivity contribution >= 4 is 22.6 Å². The first-order valence-corrected chi connectivity index (χ1v) is 11.2. The number of benzene rings is 2. The van der Waals surface area contributed by atoms with Crippen LogP contribution >= 0.6 is 0 Å². The van der Waals surface area contributed by atoms with Crippen molar-refractivity contribution in [3.8, 4) is 17.2 Å². The lowest BCUT2D eigenvalue weighted by Gasteiger charge is -2.31. The normalized spacial score (nSPS) is 15.8. The molecule has 1 fully saturated rings. The number of piperidine rings is 1. The van der Waals surface area contributed by atoms with Gasteiger partial charge in [-0.3, -0.25) is 9.59 Å². The fourth-order valence-electron chi connectivity index (χ4n) is 4.41. The summed E-state index contributed by atoms with van der Waals surface area (Å²) in [4.78, 5) is 26.7. The van der Waals surface area contributed by atoms with Gasteiger partial charge in [0.05, 0.1) is 16.8 Å². The molecule has 2 aromatic carbocycles. The molecule has 4 aromatic rings. The number of H-pyrrole nitrogens is 1. The highest BCUT2D eigenvalue weighted by molar-refractivity contribution is 5.91. The number of amides is 1. The summed E-state index contributed by atoms with van der Waals surface area (Å²) >= 11 is 0. The highest BCUT2D eigenvalue weighted by Gasteiger charge is 2.30. The van der Waals surface area contributed by atoms with Crippen LogP contribution in [0.4, 0.5) is 10.2 Å². The zero-order valence-corrected chi connectivity index (χ0v) is 18.8. The van der Waals surface area contributed by atoms with Crippen LogP contribution in [-0.4, -0.2) is 43.9 Å². The van der Waals surface area contributed by atoms with E-state index in [1.54, 1.807) is 46.0 Å². The van der Waals surface area contributed by atoms with E-state index in [-0.39, 0.29) is 29.0 Å². The van der Waals surface area contributed by atoms with Gasteiger partial charge in [0.25, 0.3) is 5.56 Å². The van der Waals surface area contributed by atoms with Crippen molar-refractivity contribution in [2.24, 2.45) is 0 Å². The zero-order valence-electron chi connectivity index (χ0n) is 18.8. The van der Waals surface area contributed by atoms with Gasteiger partial charge >= 0.3 is 0 Å². The number of ether oxygens (including phenoxy) is 1. The summed E-state index contributed by atoms with van der Waals surface area (Å²) < 4.78 is 20.5. The molecule has 0 radical (unpaired) electrons. The number of hydrogen-bond acceptors (Lipinski definition) is 6. The Balaban J connectivity index is 1.53. The number of carbonyl (C=O) groups excluding carboxylic acids is 1. The molecule has 0 unspecified atom stereocenters. The monoisotopic (exact) mass is 474 g/mol. The van der Waals surface area contributed by atoms with Crippen molar-refractivity contribution in [2.45, 2.75) is 18.8 Å². The van der Waals surface area contributed by atoms with Crippen LogP contribution in [0.15, 0.2) is 66.0 Å². The van der Waals surface area contributed by atoms with Crippen LogP contribution in [0.1, 0.15) is 24.5 Å². The minimum Gasteiger partial charge on any atom is -0.457 e. The van der Waals surface area contributed by atoms with Crippen molar-refractivity contribution < 1.29 is 13.9 Å². The van der Waals surface area contributed by atoms with Crippen LogP contribution < -0.4 is 16.0 Å². The standard InChI is InChI=1S/C25H23FN6O3/c1-2-20(33)31-13-3-4-15(14-31)22-21-23(24(27)28-29-25(21)34)32(30-22)17-7-11-19(12-8-17)35-18-9-5-16(26)6-10-18/h2,5-12,15H,1,3-4,13-14H2,(H2,27,28)(H,29,34)/t15-/m0/s1. The number of rotatable bonds is 5. The van der Waals surface area contributed by atoms with E-state index in [9.17, 15) is 14.0 Å². The molecule has 0 aliphatic carbocycles. The third kappa shape index (κ3) is 4.25. The van der Waals surface area contributed by atoms with E-state index in [0.717, 1.165) is 12.8 Å². The molecule has 9 nitrogen and oxygen atoms in total. The van der Waals surface area contributed by atoms with Crippen LogP contribution in [-0.2, 0) is 4.79 Å². The van der Waals surface area contributed by atoms with Gasteiger partial charge < -0.3 is 15.4 Å². The van der Waals surface area contributed by atoms with E-state index in [4.69, 9.17) is 15.6 Å². The second-order valence-corrected chi connectivity index (χ2v) is 8.34. The molecule has 1 aliphatic heterocycles. The summed E-state index contributed by atoms with van der Waals surface area (Å²) in [6.45, 7) is 4.64. The van der Waals surface area contributed by atoms with Gasteiger partial charge in [-0.15, -0.1) is 0 Å². The average molecular weight is 474 g/mol. The molecule has 178 valence electrons. The van der Waals surface area contributed by atoms with Crippen molar-refractivity contribution in [3.63, 3.8) is 0 Å². The number of nitrogens with zero attached hydrogens (tertiary/aromatic N) is 4. The third-order valence-corrected chi connectivity index (χ3v) is 6.09. The molecule has 35 heavy (non-hydrogen) atoms. The van der Waals surface area contributed by atoms with Crippen LogP contribution in [0.25, 0.3) is 16.6 Å². The molecule has 1 aliphatic rings. The molecule has 3 N–H and O–H groups in total. The number of nitrogen functional groups attached to an aromatic ring is 1. The SMILES string of the molecule is C=CC(=O)N1CCC[C@H](c2nn(-c3ccc(Oc4ccc(F)cc4)cc3)c3c(N)n[nH]c(=O)c23)C1. The van der Waals surface area contributed by atoms with E-state index >= 15 is 0 Å². The van der Waals surface area contributed by atoms with E-state index in [1.165, 1.54) is 18.2 Å². The number of hydrogen-bond donors (Lipinski definition) is 2. The van der Waals surface area contributed by atoms with Crippen molar-refractivity contribution in [3.05, 3.63) is 83.1 Å². The summed E-state index contributed by atoms with van der Waals surface area (Å²) in [5, 5.41) is 11.5. The smallest absolute Gasteiger partial charge is 0.275 e. The van der Waals surface area contributed by atoms with Gasteiger partial charge in [0.15, 0.2) is 5.82 Å². The summed E-state index contributed by atoms with van der Waals surface area (Å²) in [5.74, 6) is 0.560. The van der Waals surface area contributed by atoms with Gasteiger partial charge in [0, 0.05) is 19.0 Å². The van der Waals surface area contributed by atoms with Crippen molar-refractivity contribution in [1.29, 1.82) is 0 Å². The number of aromatic nitrogens is 4. The molecule has 5 rings (SSSR count). The Morgan fingerprint density at radius 3 is 2.54 bits per heavy atom. The molecule has 10 heteroatoms. The minimum absolute atomic E-state index is 0.139. The number of anilines is 1. The largest absolute Gasteiger partial charge is 0.457 e. The van der Waals surface area contributed by atoms with Crippen molar-refractivity contribution in [2.75, 3.05) is 18.8 Å². The number of halogens is 1. The van der Waals surface area contributed by atoms with Crippen LogP contribution in [0.5, 0.6) is 11.5 Å². The molecule has 2 aromatic heterocycles. The van der Waals surface area contributed by atoms with E-state index < -0.39 is 0 Å². The summed E-state index contributed by atoms with van der Waals surface area (Å²) in [5.41, 5.74) is 7.42. The van der Waals surface area contributed by atoms with Gasteiger partial charge in [-0.25, -0.2) is 14.2 Å². The number of nitrogens with two attached hydrogens (primary N) is 1. The van der Waals surface area contributed by atoms with Gasteiger partial charge in [0.2, 0.25) is 5.91 Å². The van der Waals surface area contributed by atoms with Crippen LogP contribution in [0, 0.1) is 5.82 Å². The maximum atomic E-state index is 13.1. The molecule has 0 saturated carbocycles. The predicted octanol–water partition coefficient (Wildman–Crippen LogP) is 3.51. The second-order valence-electron chi connectivity index (χ2n) is 8.34. The fraction of sp³-hybridized carbons (Fsp3) is 0.200. The average Bonchev–Trinajstić information content (AvgIpc) is 3.30. The first-order valence-electron chi connectivity index (χ1n) is 11.2. The zero-order chi connectivity index (χ0) is 24.5. The highest BCUT2D eigenvalue weighted by atomic mass is 19.1. The van der Waals surface area contributed by atoms with Gasteiger partial charge in [-0.1, -0.05) is 6.58 Å². The summed E-state index contributed by atoms with van der Waals surface area (Å²) in [6.07, 6.45) is 2.86. The number of nitrogens with one attached hydrogen (secondary N) is 1. The lowest BCUT2D eigenvalue weighted by molar-refractivity contribution is -0.127. The Morgan fingerprint density at radius 1 is 1.17 bits per heavy atom. The molecule has 0 spiro atoms. The van der Waals surface area contributed by atoms with E-state index in [1.807, 2.05) is 0 Å². The topological polar surface area (TPSA) is 119 Å². The van der Waals surface area contributed by atoms with Gasteiger partial charge in [-0.2, -0.15) is 10.2 Å². The Bertz CT molecular complexity index is 1460. The molecular weight excluding hydrogens is 451 g/mol. The second kappa shape index (κ2) is 9.05. The molecule has 1 amide bonds. The summed E-state index contributed by atoms with van der Waals surface area (Å²) in [6, 6.07) is 12.8. The molecule has 0 bridgehead atoms. The Kier molecular flexibility index (Phi) is 5.77. The lowest BCUT2D eigenvalue weighted by Crippen LogP contribution is -2.38. The van der Waals surface area contributed by atoms with Crippen LogP contribution in [0.2, 0.25) is 0 Å². The number of fused-ring (bicyclic) bond motifs is 1. The summed E-state index contributed by atoms with van der Waals surface area (Å²) in [7, 11) is 0. The Hall–Kier alpha value is -4.47. The van der Waals surface area contributed by atoms with Gasteiger partial charge in [0.1, 0.15) is 22.8 Å². The highest BCUT2D eigenvalue weighted by Crippen LogP contribution is 2.33.